The molecule has 21 heavy (non-hydrogen) atoms. The van der Waals surface area contributed by atoms with Crippen LogP contribution in [0.2, 0.25) is 0 Å². The highest BCUT2D eigenvalue weighted by molar-refractivity contribution is 7.89. The van der Waals surface area contributed by atoms with Gasteiger partial charge in [0.15, 0.2) is 0 Å². The van der Waals surface area contributed by atoms with E-state index in [4.69, 9.17) is 0 Å². The van der Waals surface area contributed by atoms with Gasteiger partial charge in [-0.15, -0.1) is 11.3 Å². The van der Waals surface area contributed by atoms with Gasteiger partial charge < -0.3 is 9.67 Å². The fourth-order valence-electron chi connectivity index (χ4n) is 2.05. The smallest absolute Gasteiger partial charge is 0.244 e. The second-order valence-corrected chi connectivity index (χ2v) is 7.83. The van der Waals surface area contributed by atoms with Gasteiger partial charge in [0, 0.05) is 30.4 Å². The maximum Gasteiger partial charge on any atom is 0.244 e. The summed E-state index contributed by atoms with van der Waals surface area (Å²) in [4.78, 5) is 4.29. The van der Waals surface area contributed by atoms with Gasteiger partial charge >= 0.3 is 0 Å². The standard InChI is InChI=1S/C13H19N3O3S2/c1-10(2)16-6-13(4-12(16)7-17)21(18,19)15(3)5-11-8-20-9-14-11/h4,6,8-10,17H,5,7H2,1-3H3. The minimum Gasteiger partial charge on any atom is -0.390 e. The molecule has 0 saturated heterocycles. The average Bonchev–Trinajstić information content (AvgIpc) is 3.06. The minimum absolute atomic E-state index is 0.0833. The largest absolute Gasteiger partial charge is 0.390 e. The zero-order valence-corrected chi connectivity index (χ0v) is 13.9. The molecular weight excluding hydrogens is 310 g/mol. The Morgan fingerprint density at radius 1 is 1.48 bits per heavy atom. The van der Waals surface area contributed by atoms with E-state index >= 15 is 0 Å². The van der Waals surface area contributed by atoms with Gasteiger partial charge in [0.1, 0.15) is 4.90 Å². The summed E-state index contributed by atoms with van der Waals surface area (Å²) < 4.78 is 28.2. The fourth-order valence-corrected chi connectivity index (χ4v) is 3.80. The van der Waals surface area contributed by atoms with Gasteiger partial charge in [-0.25, -0.2) is 13.4 Å². The summed E-state index contributed by atoms with van der Waals surface area (Å²) in [6, 6.07) is 1.60. The van der Waals surface area contributed by atoms with Crippen molar-refractivity contribution < 1.29 is 13.5 Å². The van der Waals surface area contributed by atoms with Crippen LogP contribution in [-0.4, -0.2) is 34.4 Å². The number of hydrogen-bond donors (Lipinski definition) is 1. The average molecular weight is 329 g/mol. The third-order valence-corrected chi connectivity index (χ3v) is 5.61. The molecule has 0 spiro atoms. The van der Waals surface area contributed by atoms with Gasteiger partial charge in [0.2, 0.25) is 10.0 Å². The highest BCUT2D eigenvalue weighted by Crippen LogP contribution is 2.22. The van der Waals surface area contributed by atoms with E-state index in [1.807, 2.05) is 19.2 Å². The molecule has 116 valence electrons. The maximum atomic E-state index is 12.6. The van der Waals surface area contributed by atoms with Crippen molar-refractivity contribution >= 4 is 21.4 Å². The lowest BCUT2D eigenvalue weighted by Gasteiger charge is -2.15. The van der Waals surface area contributed by atoms with Crippen molar-refractivity contribution in [3.8, 4) is 0 Å². The summed E-state index contributed by atoms with van der Waals surface area (Å²) in [5.74, 6) is 0. The van der Waals surface area contributed by atoms with Crippen molar-refractivity contribution in [2.45, 2.75) is 37.9 Å². The van der Waals surface area contributed by atoms with Crippen molar-refractivity contribution in [2.24, 2.45) is 0 Å². The van der Waals surface area contributed by atoms with Crippen molar-refractivity contribution in [3.63, 3.8) is 0 Å². The van der Waals surface area contributed by atoms with Crippen LogP contribution in [0.25, 0.3) is 0 Å². The second-order valence-electron chi connectivity index (χ2n) is 5.07. The summed E-state index contributed by atoms with van der Waals surface area (Å²) in [7, 11) is -2.07. The molecule has 2 rings (SSSR count). The molecular formula is C13H19N3O3S2. The monoisotopic (exact) mass is 329 g/mol. The van der Waals surface area contributed by atoms with Gasteiger partial charge in [-0.3, -0.25) is 0 Å². The second kappa shape index (κ2) is 6.27. The summed E-state index contributed by atoms with van der Waals surface area (Å²) in [5, 5.41) is 11.2. The molecule has 1 N–H and O–H groups in total. The quantitative estimate of drug-likeness (QED) is 0.877. The molecule has 6 nitrogen and oxygen atoms in total. The molecule has 0 unspecified atom stereocenters. The van der Waals surface area contributed by atoms with Crippen LogP contribution in [0, 0.1) is 0 Å². The molecule has 0 bridgehead atoms. The molecule has 0 aliphatic heterocycles. The number of aromatic nitrogens is 2. The zero-order valence-electron chi connectivity index (χ0n) is 12.2. The maximum absolute atomic E-state index is 12.6. The van der Waals surface area contributed by atoms with E-state index < -0.39 is 10.0 Å². The lowest BCUT2D eigenvalue weighted by atomic mass is 10.3. The SMILES string of the molecule is CC(C)n1cc(S(=O)(=O)N(C)Cc2cscn2)cc1CO. The number of thiazole rings is 1. The highest BCUT2D eigenvalue weighted by Gasteiger charge is 2.24. The van der Waals surface area contributed by atoms with E-state index in [9.17, 15) is 13.5 Å². The Hall–Kier alpha value is -1.22. The molecule has 0 aromatic carbocycles. The Morgan fingerprint density at radius 2 is 2.19 bits per heavy atom. The summed E-state index contributed by atoms with van der Waals surface area (Å²) in [6.07, 6.45) is 1.57. The van der Waals surface area contributed by atoms with Crippen molar-refractivity contribution in [1.82, 2.24) is 13.9 Å². The molecule has 0 radical (unpaired) electrons. The first-order valence-corrected chi connectivity index (χ1v) is 8.89. The van der Waals surface area contributed by atoms with E-state index in [1.54, 1.807) is 16.3 Å². The van der Waals surface area contributed by atoms with E-state index in [0.717, 1.165) is 5.69 Å². The molecule has 0 fully saturated rings. The molecule has 8 heteroatoms. The van der Waals surface area contributed by atoms with Crippen molar-refractivity contribution in [2.75, 3.05) is 7.05 Å². The van der Waals surface area contributed by atoms with E-state index in [1.165, 1.54) is 28.8 Å². The van der Waals surface area contributed by atoms with Crippen molar-refractivity contribution in [1.29, 1.82) is 0 Å². The fraction of sp³-hybridized carbons (Fsp3) is 0.462. The number of hydrogen-bond acceptors (Lipinski definition) is 5. The van der Waals surface area contributed by atoms with Gasteiger partial charge in [-0.1, -0.05) is 0 Å². The van der Waals surface area contributed by atoms with Gasteiger partial charge in [-0.2, -0.15) is 4.31 Å². The predicted molar refractivity (Wildman–Crippen MR) is 81.5 cm³/mol. The summed E-state index contributed by atoms with van der Waals surface area (Å²) in [6.45, 7) is 3.92. The molecule has 2 aromatic rings. The van der Waals surface area contributed by atoms with Crippen LogP contribution in [0.1, 0.15) is 31.3 Å². The topological polar surface area (TPSA) is 75.4 Å². The molecule has 2 aromatic heterocycles. The van der Waals surface area contributed by atoms with Crippen LogP contribution >= 0.6 is 11.3 Å². The number of aliphatic hydroxyl groups excluding tert-OH is 1. The van der Waals surface area contributed by atoms with Crippen LogP contribution in [0.15, 0.2) is 28.0 Å². The molecule has 0 aliphatic carbocycles. The normalized spacial score (nSPS) is 12.5. The Bertz CT molecular complexity index is 690. The molecule has 0 saturated carbocycles. The Morgan fingerprint density at radius 3 is 2.67 bits per heavy atom. The lowest BCUT2D eigenvalue weighted by Crippen LogP contribution is -2.26. The number of sulfonamides is 1. The summed E-state index contributed by atoms with van der Waals surface area (Å²) >= 11 is 1.43. The first-order valence-electron chi connectivity index (χ1n) is 6.51. The van der Waals surface area contributed by atoms with Crippen LogP contribution < -0.4 is 0 Å². The van der Waals surface area contributed by atoms with Crippen LogP contribution in [0.3, 0.4) is 0 Å². The third kappa shape index (κ3) is 3.34. The molecule has 2 heterocycles. The number of aliphatic hydroxyl groups is 1. The third-order valence-electron chi connectivity index (χ3n) is 3.20. The minimum atomic E-state index is -3.59. The Labute approximate surface area is 128 Å². The predicted octanol–water partition coefficient (Wildman–Crippen LogP) is 1.84. The molecule has 0 atom stereocenters. The van der Waals surface area contributed by atoms with Crippen LogP contribution in [-0.2, 0) is 23.2 Å². The first-order chi connectivity index (χ1) is 9.86. The highest BCUT2D eigenvalue weighted by atomic mass is 32.2. The van der Waals surface area contributed by atoms with Gasteiger partial charge in [0.05, 0.1) is 24.4 Å². The summed E-state index contributed by atoms with van der Waals surface area (Å²) in [5.41, 5.74) is 2.98. The van der Waals surface area contributed by atoms with E-state index in [2.05, 4.69) is 4.98 Å². The number of nitrogens with zero attached hydrogens (tertiary/aromatic N) is 3. The first kappa shape index (κ1) is 16.2. The van der Waals surface area contributed by atoms with Gasteiger partial charge in [-0.05, 0) is 19.9 Å². The number of rotatable bonds is 6. The zero-order chi connectivity index (χ0) is 15.6. The van der Waals surface area contributed by atoms with Crippen molar-refractivity contribution in [3.05, 3.63) is 34.5 Å². The Balaban J connectivity index is 2.30. The Kier molecular flexibility index (Phi) is 4.82. The van der Waals surface area contributed by atoms with E-state index in [-0.39, 0.29) is 24.1 Å². The van der Waals surface area contributed by atoms with Crippen LogP contribution in [0.5, 0.6) is 0 Å². The van der Waals surface area contributed by atoms with Crippen LogP contribution in [0.4, 0.5) is 0 Å². The molecule has 0 aliphatic rings. The lowest BCUT2D eigenvalue weighted by molar-refractivity contribution is 0.268. The van der Waals surface area contributed by atoms with E-state index in [0.29, 0.717) is 5.69 Å². The molecule has 0 amide bonds. The van der Waals surface area contributed by atoms with Gasteiger partial charge in [0.25, 0.3) is 0 Å².